The maximum absolute atomic E-state index is 11.5. The first-order valence-corrected chi connectivity index (χ1v) is 12.1. The van der Waals surface area contributed by atoms with Crippen LogP contribution in [0.2, 0.25) is 0 Å². The largest absolute Gasteiger partial charge is 0.376 e. The van der Waals surface area contributed by atoms with Crippen LogP contribution in [0.1, 0.15) is 27.2 Å². The Labute approximate surface area is 174 Å². The zero-order chi connectivity index (χ0) is 20.9. The quantitative estimate of drug-likeness (QED) is 0.466. The maximum Gasteiger partial charge on any atom is 0.226 e. The van der Waals surface area contributed by atoms with E-state index in [-0.39, 0.29) is 17.5 Å². The highest BCUT2D eigenvalue weighted by atomic mass is 32.2. The molecule has 12 heteroatoms. The van der Waals surface area contributed by atoms with E-state index in [1.807, 2.05) is 13.8 Å². The van der Waals surface area contributed by atoms with Gasteiger partial charge in [-0.2, -0.15) is 4.98 Å². The Morgan fingerprint density at radius 2 is 2.10 bits per heavy atom. The molecule has 2 aromatic rings. The van der Waals surface area contributed by atoms with Crippen LogP contribution in [0.25, 0.3) is 10.3 Å². The van der Waals surface area contributed by atoms with Gasteiger partial charge in [0.05, 0.1) is 36.2 Å². The molecule has 1 aliphatic heterocycles. The molecule has 0 saturated carbocycles. The second-order valence-corrected chi connectivity index (χ2v) is 10.3. The van der Waals surface area contributed by atoms with E-state index in [4.69, 9.17) is 9.47 Å². The third-order valence-corrected chi connectivity index (χ3v) is 6.40. The second kappa shape index (κ2) is 9.47. The number of nitrogens with one attached hydrogen (secondary N) is 3. The number of ether oxygens (including phenoxy) is 2. The molecule has 1 fully saturated rings. The predicted octanol–water partition coefficient (Wildman–Crippen LogP) is 1.43. The number of aromatic nitrogens is 3. The lowest BCUT2D eigenvalue weighted by atomic mass is 10.1. The molecule has 0 radical (unpaired) electrons. The van der Waals surface area contributed by atoms with Gasteiger partial charge in [-0.15, -0.1) is 11.3 Å². The van der Waals surface area contributed by atoms with Crippen molar-refractivity contribution < 1.29 is 17.9 Å². The normalized spacial score (nSPS) is 19.3. The van der Waals surface area contributed by atoms with Gasteiger partial charge in [-0.3, -0.25) is 0 Å². The van der Waals surface area contributed by atoms with Gasteiger partial charge in [0.25, 0.3) is 0 Å². The fourth-order valence-corrected chi connectivity index (χ4v) is 4.17. The SMILES string of the molecule is CCS(=O)(=O)NCCCNc1nc(NCC2COCC(C)(C)O2)nc2scnc12. The minimum atomic E-state index is -3.17. The molecule has 162 valence electrons. The highest BCUT2D eigenvalue weighted by molar-refractivity contribution is 7.89. The van der Waals surface area contributed by atoms with E-state index in [1.54, 1.807) is 12.4 Å². The van der Waals surface area contributed by atoms with Crippen LogP contribution < -0.4 is 15.4 Å². The van der Waals surface area contributed by atoms with E-state index in [0.29, 0.717) is 56.6 Å². The Kier molecular flexibility index (Phi) is 7.22. The molecular weight excluding hydrogens is 416 g/mol. The summed E-state index contributed by atoms with van der Waals surface area (Å²) in [5, 5.41) is 6.46. The highest BCUT2D eigenvalue weighted by Gasteiger charge is 2.29. The van der Waals surface area contributed by atoms with E-state index in [0.717, 1.165) is 4.83 Å². The van der Waals surface area contributed by atoms with Gasteiger partial charge in [0.1, 0.15) is 5.52 Å². The number of anilines is 2. The Balaban J connectivity index is 1.57. The smallest absolute Gasteiger partial charge is 0.226 e. The zero-order valence-corrected chi connectivity index (χ0v) is 18.5. The molecule has 3 rings (SSSR count). The van der Waals surface area contributed by atoms with E-state index in [2.05, 4.69) is 30.3 Å². The summed E-state index contributed by atoms with van der Waals surface area (Å²) in [6, 6.07) is 0. The monoisotopic (exact) mass is 444 g/mol. The topological polar surface area (TPSA) is 127 Å². The lowest BCUT2D eigenvalue weighted by Gasteiger charge is -2.35. The third kappa shape index (κ3) is 6.44. The summed E-state index contributed by atoms with van der Waals surface area (Å²) in [5.41, 5.74) is 2.12. The van der Waals surface area contributed by atoms with Crippen molar-refractivity contribution in [2.45, 2.75) is 38.9 Å². The number of fused-ring (bicyclic) bond motifs is 1. The minimum absolute atomic E-state index is 0.0771. The van der Waals surface area contributed by atoms with E-state index in [9.17, 15) is 8.42 Å². The fourth-order valence-electron chi connectivity index (χ4n) is 2.85. The molecule has 0 aromatic carbocycles. The van der Waals surface area contributed by atoms with E-state index < -0.39 is 10.0 Å². The fraction of sp³-hybridized carbons (Fsp3) is 0.706. The van der Waals surface area contributed by atoms with Crippen molar-refractivity contribution >= 4 is 43.5 Å². The van der Waals surface area contributed by atoms with Crippen LogP contribution >= 0.6 is 11.3 Å². The van der Waals surface area contributed by atoms with Crippen LogP contribution in [0.3, 0.4) is 0 Å². The van der Waals surface area contributed by atoms with Gasteiger partial charge in [0, 0.05) is 19.6 Å². The van der Waals surface area contributed by atoms with Crippen molar-refractivity contribution in [2.75, 3.05) is 49.2 Å². The van der Waals surface area contributed by atoms with Crippen molar-refractivity contribution in [1.82, 2.24) is 19.7 Å². The van der Waals surface area contributed by atoms with E-state index >= 15 is 0 Å². The lowest BCUT2D eigenvalue weighted by Crippen LogP contribution is -2.45. The first-order chi connectivity index (χ1) is 13.8. The van der Waals surface area contributed by atoms with Gasteiger partial charge in [-0.1, -0.05) is 0 Å². The van der Waals surface area contributed by atoms with Crippen molar-refractivity contribution in [3.05, 3.63) is 5.51 Å². The molecule has 0 bridgehead atoms. The Hall–Kier alpha value is -1.60. The molecule has 3 heterocycles. The van der Waals surface area contributed by atoms with Crippen LogP contribution in [-0.4, -0.2) is 73.7 Å². The van der Waals surface area contributed by atoms with E-state index in [1.165, 1.54) is 11.3 Å². The number of thiazole rings is 1. The van der Waals surface area contributed by atoms with Crippen molar-refractivity contribution in [3.8, 4) is 0 Å². The first kappa shape index (κ1) is 22.1. The molecular formula is C17H28N6O4S2. The molecule has 10 nitrogen and oxygen atoms in total. The third-order valence-electron chi connectivity index (χ3n) is 4.27. The van der Waals surface area contributed by atoms with Crippen molar-refractivity contribution in [1.29, 1.82) is 0 Å². The summed E-state index contributed by atoms with van der Waals surface area (Å²) in [6.45, 7) is 8.18. The molecule has 3 N–H and O–H groups in total. The Morgan fingerprint density at radius 3 is 2.86 bits per heavy atom. The molecule has 1 saturated heterocycles. The van der Waals surface area contributed by atoms with Gasteiger partial charge in [-0.05, 0) is 27.2 Å². The molecule has 2 aromatic heterocycles. The van der Waals surface area contributed by atoms with Gasteiger partial charge < -0.3 is 20.1 Å². The van der Waals surface area contributed by atoms with Crippen molar-refractivity contribution in [2.24, 2.45) is 0 Å². The minimum Gasteiger partial charge on any atom is -0.376 e. The lowest BCUT2D eigenvalue weighted by molar-refractivity contribution is -0.177. The predicted molar refractivity (Wildman–Crippen MR) is 114 cm³/mol. The molecule has 1 atom stereocenters. The first-order valence-electron chi connectivity index (χ1n) is 9.60. The standard InChI is InChI=1S/C17H28N6O4S2/c1-4-29(24,25)21-7-5-6-18-14-13-15(28-11-20-13)23-16(22-14)19-8-12-9-26-10-17(2,3)27-12/h11-12,21H,4-10H2,1-3H3,(H2,18,19,22,23). The average molecular weight is 445 g/mol. The van der Waals surface area contributed by atoms with Gasteiger partial charge in [0.15, 0.2) is 10.6 Å². The molecule has 1 aliphatic rings. The molecule has 0 aliphatic carbocycles. The molecule has 1 unspecified atom stereocenters. The number of hydrogen-bond donors (Lipinski definition) is 3. The number of sulfonamides is 1. The molecule has 29 heavy (non-hydrogen) atoms. The second-order valence-electron chi connectivity index (χ2n) is 7.38. The van der Waals surface area contributed by atoms with Crippen LogP contribution in [0.5, 0.6) is 0 Å². The average Bonchev–Trinajstić information content (AvgIpc) is 3.14. The van der Waals surface area contributed by atoms with Gasteiger partial charge in [0.2, 0.25) is 16.0 Å². The van der Waals surface area contributed by atoms with Gasteiger partial charge in [-0.25, -0.2) is 23.1 Å². The van der Waals surface area contributed by atoms with Crippen LogP contribution in [0.4, 0.5) is 11.8 Å². The summed E-state index contributed by atoms with van der Waals surface area (Å²) < 4.78 is 37.1. The zero-order valence-electron chi connectivity index (χ0n) is 16.9. The number of nitrogens with zero attached hydrogens (tertiary/aromatic N) is 3. The summed E-state index contributed by atoms with van der Waals surface area (Å²) in [7, 11) is -3.17. The molecule has 0 spiro atoms. The molecule has 0 amide bonds. The number of rotatable bonds is 10. The summed E-state index contributed by atoms with van der Waals surface area (Å²) >= 11 is 1.44. The Morgan fingerprint density at radius 1 is 1.28 bits per heavy atom. The number of hydrogen-bond acceptors (Lipinski definition) is 10. The van der Waals surface area contributed by atoms with Gasteiger partial charge >= 0.3 is 0 Å². The maximum atomic E-state index is 11.5. The Bertz CT molecular complexity index is 918. The summed E-state index contributed by atoms with van der Waals surface area (Å²) in [4.78, 5) is 14.1. The van der Waals surface area contributed by atoms with Crippen LogP contribution in [0, 0.1) is 0 Å². The highest BCUT2D eigenvalue weighted by Crippen LogP contribution is 2.24. The summed E-state index contributed by atoms with van der Waals surface area (Å²) in [5.74, 6) is 1.19. The van der Waals surface area contributed by atoms with Crippen molar-refractivity contribution in [3.63, 3.8) is 0 Å². The van der Waals surface area contributed by atoms with Crippen LogP contribution in [-0.2, 0) is 19.5 Å². The van der Waals surface area contributed by atoms with Crippen LogP contribution in [0.15, 0.2) is 5.51 Å². The summed E-state index contributed by atoms with van der Waals surface area (Å²) in [6.07, 6.45) is 0.544.